The van der Waals surface area contributed by atoms with Crippen molar-refractivity contribution in [3.8, 4) is 0 Å². The molecule has 1 aliphatic carbocycles. The standard InChI is InChI=1S/C11H22BrN/c1-13(10-6-9-12)11-7-4-2-3-5-8-11/h11H,2-10H2,1H3. The zero-order valence-electron chi connectivity index (χ0n) is 8.77. The van der Waals surface area contributed by atoms with Crippen LogP contribution in [0.15, 0.2) is 0 Å². The minimum absolute atomic E-state index is 0.876. The highest BCUT2D eigenvalue weighted by atomic mass is 79.9. The molecule has 0 unspecified atom stereocenters. The van der Waals surface area contributed by atoms with Gasteiger partial charge >= 0.3 is 0 Å². The molecule has 0 radical (unpaired) electrons. The summed E-state index contributed by atoms with van der Waals surface area (Å²) in [5, 5.41) is 1.14. The largest absolute Gasteiger partial charge is 0.303 e. The summed E-state index contributed by atoms with van der Waals surface area (Å²) in [5.74, 6) is 0. The zero-order chi connectivity index (χ0) is 9.52. The van der Waals surface area contributed by atoms with Gasteiger partial charge in [0.1, 0.15) is 0 Å². The van der Waals surface area contributed by atoms with Crippen molar-refractivity contribution < 1.29 is 0 Å². The SMILES string of the molecule is CN(CCCBr)C1CCCCCC1. The summed E-state index contributed by atoms with van der Waals surface area (Å²) in [6.45, 7) is 1.26. The molecule has 0 amide bonds. The average molecular weight is 248 g/mol. The van der Waals surface area contributed by atoms with Gasteiger partial charge in [-0.15, -0.1) is 0 Å². The van der Waals surface area contributed by atoms with Gasteiger partial charge in [0, 0.05) is 11.4 Å². The summed E-state index contributed by atoms with van der Waals surface area (Å²) < 4.78 is 0. The Morgan fingerprint density at radius 1 is 1.15 bits per heavy atom. The maximum absolute atomic E-state index is 3.49. The predicted molar refractivity (Wildman–Crippen MR) is 62.5 cm³/mol. The van der Waals surface area contributed by atoms with Crippen LogP contribution in [0.25, 0.3) is 0 Å². The van der Waals surface area contributed by atoms with Gasteiger partial charge in [-0.05, 0) is 32.9 Å². The van der Waals surface area contributed by atoms with Gasteiger partial charge in [0.25, 0.3) is 0 Å². The normalized spacial score (nSPS) is 20.5. The van der Waals surface area contributed by atoms with Crippen molar-refractivity contribution in [2.45, 2.75) is 51.0 Å². The summed E-state index contributed by atoms with van der Waals surface area (Å²) in [6.07, 6.45) is 9.96. The Hall–Kier alpha value is 0.440. The van der Waals surface area contributed by atoms with E-state index >= 15 is 0 Å². The summed E-state index contributed by atoms with van der Waals surface area (Å²) in [5.41, 5.74) is 0. The lowest BCUT2D eigenvalue weighted by molar-refractivity contribution is 0.222. The molecule has 0 bridgehead atoms. The highest BCUT2D eigenvalue weighted by Gasteiger charge is 2.15. The van der Waals surface area contributed by atoms with Gasteiger partial charge in [0.2, 0.25) is 0 Å². The van der Waals surface area contributed by atoms with Gasteiger partial charge in [-0.1, -0.05) is 41.6 Å². The molecule has 0 aromatic heterocycles. The lowest BCUT2D eigenvalue weighted by Gasteiger charge is -2.26. The monoisotopic (exact) mass is 247 g/mol. The minimum atomic E-state index is 0.876. The third kappa shape index (κ3) is 4.46. The van der Waals surface area contributed by atoms with Crippen molar-refractivity contribution in [3.05, 3.63) is 0 Å². The van der Waals surface area contributed by atoms with Crippen molar-refractivity contribution >= 4 is 15.9 Å². The highest BCUT2D eigenvalue weighted by Crippen LogP contribution is 2.20. The van der Waals surface area contributed by atoms with Gasteiger partial charge in [0.15, 0.2) is 0 Å². The van der Waals surface area contributed by atoms with Crippen molar-refractivity contribution in [1.29, 1.82) is 0 Å². The van der Waals surface area contributed by atoms with E-state index in [9.17, 15) is 0 Å². The maximum atomic E-state index is 3.49. The molecule has 1 aliphatic rings. The topological polar surface area (TPSA) is 3.24 Å². The summed E-state index contributed by atoms with van der Waals surface area (Å²) >= 11 is 3.49. The molecule has 0 saturated heterocycles. The first kappa shape index (κ1) is 11.5. The molecular formula is C11H22BrN. The van der Waals surface area contributed by atoms with E-state index in [4.69, 9.17) is 0 Å². The summed E-state index contributed by atoms with van der Waals surface area (Å²) in [4.78, 5) is 2.56. The number of hydrogen-bond acceptors (Lipinski definition) is 1. The molecule has 13 heavy (non-hydrogen) atoms. The Kier molecular flexibility index (Phi) is 6.05. The van der Waals surface area contributed by atoms with Crippen molar-refractivity contribution in [2.75, 3.05) is 18.9 Å². The van der Waals surface area contributed by atoms with Gasteiger partial charge < -0.3 is 4.90 Å². The van der Waals surface area contributed by atoms with E-state index < -0.39 is 0 Å². The Morgan fingerprint density at radius 3 is 2.31 bits per heavy atom. The van der Waals surface area contributed by atoms with Crippen LogP contribution in [0.1, 0.15) is 44.9 Å². The molecule has 78 valence electrons. The van der Waals surface area contributed by atoms with Crippen LogP contribution in [-0.2, 0) is 0 Å². The zero-order valence-corrected chi connectivity index (χ0v) is 10.4. The van der Waals surface area contributed by atoms with E-state index in [0.29, 0.717) is 0 Å². The quantitative estimate of drug-likeness (QED) is 0.544. The molecule has 1 saturated carbocycles. The number of hydrogen-bond donors (Lipinski definition) is 0. The lowest BCUT2D eigenvalue weighted by Crippen LogP contribution is -2.32. The lowest BCUT2D eigenvalue weighted by atomic mass is 10.1. The third-order valence-electron chi connectivity index (χ3n) is 3.09. The van der Waals surface area contributed by atoms with Crippen molar-refractivity contribution in [1.82, 2.24) is 4.90 Å². The number of halogens is 1. The number of rotatable bonds is 4. The molecule has 0 aromatic carbocycles. The molecule has 0 aliphatic heterocycles. The first-order chi connectivity index (χ1) is 6.34. The fraction of sp³-hybridized carbons (Fsp3) is 1.00. The van der Waals surface area contributed by atoms with E-state index in [1.807, 2.05) is 0 Å². The number of alkyl halides is 1. The third-order valence-corrected chi connectivity index (χ3v) is 3.65. The first-order valence-electron chi connectivity index (χ1n) is 5.61. The highest BCUT2D eigenvalue weighted by molar-refractivity contribution is 9.09. The first-order valence-corrected chi connectivity index (χ1v) is 6.73. The fourth-order valence-corrected chi connectivity index (χ4v) is 2.44. The van der Waals surface area contributed by atoms with Crippen LogP contribution in [0.4, 0.5) is 0 Å². The second kappa shape index (κ2) is 6.83. The summed E-state index contributed by atoms with van der Waals surface area (Å²) in [6, 6.07) is 0.876. The average Bonchev–Trinajstić information content (AvgIpc) is 2.42. The number of nitrogens with zero attached hydrogens (tertiary/aromatic N) is 1. The molecule has 2 heteroatoms. The fourth-order valence-electron chi connectivity index (χ4n) is 2.19. The van der Waals surface area contributed by atoms with Crippen LogP contribution in [-0.4, -0.2) is 29.9 Å². The molecule has 0 N–H and O–H groups in total. The second-order valence-electron chi connectivity index (χ2n) is 4.17. The molecule has 1 nitrogen and oxygen atoms in total. The van der Waals surface area contributed by atoms with E-state index in [0.717, 1.165) is 11.4 Å². The Labute approximate surface area is 91.0 Å². The summed E-state index contributed by atoms with van der Waals surface area (Å²) in [7, 11) is 2.29. The molecule has 0 atom stereocenters. The van der Waals surface area contributed by atoms with Crippen molar-refractivity contribution in [3.63, 3.8) is 0 Å². The molecular weight excluding hydrogens is 226 g/mol. The van der Waals surface area contributed by atoms with Crippen LogP contribution in [0.5, 0.6) is 0 Å². The Morgan fingerprint density at radius 2 is 1.77 bits per heavy atom. The molecule has 1 fully saturated rings. The van der Waals surface area contributed by atoms with Crippen molar-refractivity contribution in [2.24, 2.45) is 0 Å². The van der Waals surface area contributed by atoms with Gasteiger partial charge in [-0.3, -0.25) is 0 Å². The van der Waals surface area contributed by atoms with Crippen LogP contribution in [0.3, 0.4) is 0 Å². The smallest absolute Gasteiger partial charge is 0.00922 e. The van der Waals surface area contributed by atoms with Gasteiger partial charge in [0.05, 0.1) is 0 Å². The van der Waals surface area contributed by atoms with Crippen LogP contribution >= 0.6 is 15.9 Å². The minimum Gasteiger partial charge on any atom is -0.303 e. The molecule has 0 heterocycles. The Balaban J connectivity index is 2.22. The van der Waals surface area contributed by atoms with E-state index in [-0.39, 0.29) is 0 Å². The molecule has 0 aromatic rings. The van der Waals surface area contributed by atoms with Crippen LogP contribution in [0.2, 0.25) is 0 Å². The van der Waals surface area contributed by atoms with Gasteiger partial charge in [-0.2, -0.15) is 0 Å². The molecule has 1 rings (SSSR count). The maximum Gasteiger partial charge on any atom is 0.00922 e. The second-order valence-corrected chi connectivity index (χ2v) is 4.96. The van der Waals surface area contributed by atoms with Gasteiger partial charge in [-0.25, -0.2) is 0 Å². The predicted octanol–water partition coefficient (Wildman–Crippen LogP) is 3.43. The van der Waals surface area contributed by atoms with E-state index in [2.05, 4.69) is 27.9 Å². The van der Waals surface area contributed by atoms with Crippen LogP contribution in [0, 0.1) is 0 Å². The van der Waals surface area contributed by atoms with E-state index in [1.165, 1.54) is 51.5 Å². The molecule has 0 spiro atoms. The Bertz CT molecular complexity index is 119. The van der Waals surface area contributed by atoms with E-state index in [1.54, 1.807) is 0 Å². The van der Waals surface area contributed by atoms with Crippen LogP contribution < -0.4 is 0 Å².